The van der Waals surface area contributed by atoms with Crippen LogP contribution in [0, 0.1) is 0 Å². The first kappa shape index (κ1) is 14.7. The van der Waals surface area contributed by atoms with Gasteiger partial charge in [-0.05, 0) is 30.2 Å². The molecule has 0 unspecified atom stereocenters. The van der Waals surface area contributed by atoms with Crippen molar-refractivity contribution in [2.75, 3.05) is 5.75 Å². The molecule has 0 aliphatic rings. The van der Waals surface area contributed by atoms with E-state index < -0.39 is 15.8 Å². The Kier molecular flexibility index (Phi) is 5.37. The smallest absolute Gasteiger partial charge is 0.303 e. The highest BCUT2D eigenvalue weighted by Crippen LogP contribution is 2.11. The zero-order valence-electron chi connectivity index (χ0n) is 9.54. The van der Waals surface area contributed by atoms with E-state index in [1.54, 1.807) is 24.3 Å². The van der Waals surface area contributed by atoms with E-state index in [0.29, 0.717) is 5.02 Å². The van der Waals surface area contributed by atoms with Crippen molar-refractivity contribution in [1.82, 2.24) is 0 Å². The molecule has 0 aliphatic carbocycles. The minimum Gasteiger partial charge on any atom is -0.481 e. The topological polar surface area (TPSA) is 71.4 Å². The minimum atomic E-state index is -3.36. The molecule has 0 bridgehead atoms. The summed E-state index contributed by atoms with van der Waals surface area (Å²) in [6, 6.07) is 6.73. The molecule has 0 amide bonds. The Morgan fingerprint density at radius 1 is 1.28 bits per heavy atom. The van der Waals surface area contributed by atoms with Gasteiger partial charge in [-0.1, -0.05) is 23.7 Å². The van der Waals surface area contributed by atoms with Crippen molar-refractivity contribution < 1.29 is 18.3 Å². The summed E-state index contributed by atoms with van der Waals surface area (Å²) >= 11 is 5.70. The first-order valence-electron chi connectivity index (χ1n) is 5.27. The molecule has 0 spiro atoms. The lowest BCUT2D eigenvalue weighted by Crippen LogP contribution is -2.05. The molecule has 0 saturated heterocycles. The summed E-state index contributed by atoms with van der Waals surface area (Å²) in [5.41, 5.74) is 0.723. The molecule has 0 saturated carbocycles. The van der Waals surface area contributed by atoms with Crippen LogP contribution in [0.5, 0.6) is 0 Å². The van der Waals surface area contributed by atoms with E-state index in [4.69, 9.17) is 16.7 Å². The van der Waals surface area contributed by atoms with Gasteiger partial charge in [-0.25, -0.2) is 8.42 Å². The highest BCUT2D eigenvalue weighted by Gasteiger charge is 2.07. The van der Waals surface area contributed by atoms with Crippen LogP contribution in [0.4, 0.5) is 0 Å². The van der Waals surface area contributed by atoms with Gasteiger partial charge in [0.2, 0.25) is 0 Å². The van der Waals surface area contributed by atoms with Crippen molar-refractivity contribution in [3.63, 3.8) is 0 Å². The Hall–Kier alpha value is -1.33. The highest BCUT2D eigenvalue weighted by molar-refractivity contribution is 7.94. The summed E-state index contributed by atoms with van der Waals surface area (Å²) in [7, 11) is -3.36. The van der Waals surface area contributed by atoms with Crippen LogP contribution in [0.25, 0.3) is 6.08 Å². The Bertz CT molecular complexity index is 532. The SMILES string of the molecule is O=C(O)CCCS(=O)(=O)/C=C/c1ccc(Cl)cc1. The second kappa shape index (κ2) is 6.56. The quantitative estimate of drug-likeness (QED) is 0.873. The van der Waals surface area contributed by atoms with E-state index >= 15 is 0 Å². The normalized spacial score (nSPS) is 11.8. The average molecular weight is 289 g/mol. The summed E-state index contributed by atoms with van der Waals surface area (Å²) in [5, 5.41) is 10.1. The van der Waals surface area contributed by atoms with Crippen LogP contribution >= 0.6 is 11.6 Å². The molecule has 0 fully saturated rings. The number of sulfone groups is 1. The lowest BCUT2D eigenvalue weighted by molar-refractivity contribution is -0.137. The van der Waals surface area contributed by atoms with Crippen LogP contribution in [0.2, 0.25) is 5.02 Å². The van der Waals surface area contributed by atoms with Crippen LogP contribution in [-0.2, 0) is 14.6 Å². The van der Waals surface area contributed by atoms with Crippen molar-refractivity contribution in [1.29, 1.82) is 0 Å². The second-order valence-corrected chi connectivity index (χ2v) is 6.16. The van der Waals surface area contributed by atoms with Crippen molar-refractivity contribution in [3.05, 3.63) is 40.3 Å². The van der Waals surface area contributed by atoms with Crippen LogP contribution in [0.15, 0.2) is 29.7 Å². The van der Waals surface area contributed by atoms with Crippen molar-refractivity contribution in [2.24, 2.45) is 0 Å². The molecule has 1 rings (SSSR count). The Morgan fingerprint density at radius 2 is 1.89 bits per heavy atom. The lowest BCUT2D eigenvalue weighted by atomic mass is 10.2. The van der Waals surface area contributed by atoms with Gasteiger partial charge in [-0.2, -0.15) is 0 Å². The van der Waals surface area contributed by atoms with E-state index in [1.807, 2.05) is 0 Å². The molecule has 1 N–H and O–H groups in total. The predicted octanol–water partition coefficient (Wildman–Crippen LogP) is 2.59. The number of rotatable bonds is 6. The van der Waals surface area contributed by atoms with Crippen LogP contribution in [0.3, 0.4) is 0 Å². The molecule has 1 aromatic rings. The van der Waals surface area contributed by atoms with E-state index in [9.17, 15) is 13.2 Å². The third-order valence-electron chi connectivity index (χ3n) is 2.16. The summed E-state index contributed by atoms with van der Waals surface area (Å²) in [6.45, 7) is 0. The maximum absolute atomic E-state index is 11.5. The molecule has 98 valence electrons. The summed E-state index contributed by atoms with van der Waals surface area (Å²) in [4.78, 5) is 10.3. The average Bonchev–Trinajstić information content (AvgIpc) is 2.27. The number of hydrogen-bond acceptors (Lipinski definition) is 3. The zero-order valence-corrected chi connectivity index (χ0v) is 11.1. The predicted molar refractivity (Wildman–Crippen MR) is 71.1 cm³/mol. The Balaban J connectivity index is 2.59. The monoisotopic (exact) mass is 288 g/mol. The summed E-state index contributed by atoms with van der Waals surface area (Å²) in [6.07, 6.45) is 1.43. The summed E-state index contributed by atoms with van der Waals surface area (Å²) in [5.74, 6) is -1.16. The second-order valence-electron chi connectivity index (χ2n) is 3.72. The number of halogens is 1. The van der Waals surface area contributed by atoms with Gasteiger partial charge in [0.05, 0.1) is 5.75 Å². The fraction of sp³-hybridized carbons (Fsp3) is 0.250. The molecule has 6 heteroatoms. The first-order valence-corrected chi connectivity index (χ1v) is 7.36. The van der Waals surface area contributed by atoms with Crippen LogP contribution in [0.1, 0.15) is 18.4 Å². The third-order valence-corrected chi connectivity index (χ3v) is 3.82. The zero-order chi connectivity index (χ0) is 13.6. The van der Waals surface area contributed by atoms with E-state index in [2.05, 4.69) is 0 Å². The molecular weight excluding hydrogens is 276 g/mol. The number of hydrogen-bond donors (Lipinski definition) is 1. The van der Waals surface area contributed by atoms with Gasteiger partial charge in [0, 0.05) is 16.9 Å². The maximum atomic E-state index is 11.5. The molecule has 0 atom stereocenters. The fourth-order valence-corrected chi connectivity index (χ4v) is 2.42. The van der Waals surface area contributed by atoms with E-state index in [-0.39, 0.29) is 18.6 Å². The number of carboxylic acids is 1. The van der Waals surface area contributed by atoms with Crippen LogP contribution < -0.4 is 0 Å². The molecular formula is C12H13ClO4S. The van der Waals surface area contributed by atoms with Gasteiger partial charge in [0.25, 0.3) is 0 Å². The minimum absolute atomic E-state index is 0.114. The molecule has 0 aromatic heterocycles. The Morgan fingerprint density at radius 3 is 2.44 bits per heavy atom. The Labute approximate surface area is 111 Å². The largest absolute Gasteiger partial charge is 0.481 e. The van der Waals surface area contributed by atoms with Crippen molar-refractivity contribution in [2.45, 2.75) is 12.8 Å². The van der Waals surface area contributed by atoms with Gasteiger partial charge >= 0.3 is 5.97 Å². The first-order chi connectivity index (χ1) is 8.39. The molecule has 4 nitrogen and oxygen atoms in total. The van der Waals surface area contributed by atoms with Gasteiger partial charge in [0.1, 0.15) is 0 Å². The number of benzene rings is 1. The molecule has 18 heavy (non-hydrogen) atoms. The molecule has 0 heterocycles. The molecule has 0 aliphatic heterocycles. The van der Waals surface area contributed by atoms with Gasteiger partial charge in [-0.3, -0.25) is 4.79 Å². The van der Waals surface area contributed by atoms with E-state index in [0.717, 1.165) is 11.0 Å². The third kappa shape index (κ3) is 5.84. The fourth-order valence-electron chi connectivity index (χ4n) is 1.25. The number of carbonyl (C=O) groups is 1. The van der Waals surface area contributed by atoms with Crippen LogP contribution in [-0.4, -0.2) is 25.2 Å². The highest BCUT2D eigenvalue weighted by atomic mass is 35.5. The standard InChI is InChI=1S/C12H13ClO4S/c13-11-5-3-10(4-6-11)7-9-18(16,17)8-1-2-12(14)15/h3-7,9H,1-2,8H2,(H,14,15)/b9-7+. The maximum Gasteiger partial charge on any atom is 0.303 e. The number of carboxylic acid groups (broad SMARTS) is 1. The van der Waals surface area contributed by atoms with Gasteiger partial charge in [0.15, 0.2) is 9.84 Å². The van der Waals surface area contributed by atoms with E-state index in [1.165, 1.54) is 6.08 Å². The molecule has 0 radical (unpaired) electrons. The van der Waals surface area contributed by atoms with Gasteiger partial charge < -0.3 is 5.11 Å². The van der Waals surface area contributed by atoms with Crippen molar-refractivity contribution >= 4 is 33.5 Å². The van der Waals surface area contributed by atoms with Gasteiger partial charge in [-0.15, -0.1) is 0 Å². The van der Waals surface area contributed by atoms with Crippen molar-refractivity contribution in [3.8, 4) is 0 Å². The summed E-state index contributed by atoms with van der Waals surface area (Å²) < 4.78 is 23.1. The lowest BCUT2D eigenvalue weighted by Gasteiger charge is -1.97. The molecule has 1 aromatic carbocycles. The number of aliphatic carboxylic acids is 1.